The van der Waals surface area contributed by atoms with Gasteiger partial charge in [0.1, 0.15) is 0 Å². The molecule has 2 rings (SSSR count). The van der Waals surface area contributed by atoms with Crippen molar-refractivity contribution in [3.05, 3.63) is 0 Å². The molecule has 1 aliphatic carbocycles. The first-order valence-electron chi connectivity index (χ1n) is 7.23. The van der Waals surface area contributed by atoms with Crippen LogP contribution in [0.25, 0.3) is 0 Å². The molecular formula is C12H24N2O4S2. The lowest BCUT2D eigenvalue weighted by Crippen LogP contribution is -2.50. The van der Waals surface area contributed by atoms with E-state index in [1.165, 1.54) is 17.1 Å². The van der Waals surface area contributed by atoms with Gasteiger partial charge in [-0.2, -0.15) is 4.31 Å². The molecule has 0 aromatic heterocycles. The molecule has 8 heteroatoms. The minimum atomic E-state index is -3.33. The van der Waals surface area contributed by atoms with Crippen molar-refractivity contribution in [1.29, 1.82) is 0 Å². The predicted molar refractivity (Wildman–Crippen MR) is 78.9 cm³/mol. The van der Waals surface area contributed by atoms with Gasteiger partial charge < -0.3 is 5.32 Å². The van der Waals surface area contributed by atoms with Crippen LogP contribution in [-0.2, 0) is 19.9 Å². The standard InChI is InChI=1S/C12H24N2O4S2/c1-11-10-19(15,16)9-7-14(11)20(17,18)8-3-2-6-13-12-4-5-12/h11-13H,2-10H2,1H3. The first kappa shape index (κ1) is 16.2. The Labute approximate surface area is 121 Å². The third-order valence-corrected chi connectivity index (χ3v) is 7.66. The van der Waals surface area contributed by atoms with Crippen LogP contribution < -0.4 is 5.32 Å². The third-order valence-electron chi connectivity index (χ3n) is 3.81. The molecule has 1 heterocycles. The Morgan fingerprint density at radius 3 is 2.55 bits per heavy atom. The number of hydrogen-bond acceptors (Lipinski definition) is 5. The Morgan fingerprint density at radius 2 is 1.95 bits per heavy atom. The summed E-state index contributed by atoms with van der Waals surface area (Å²) in [5.74, 6) is -0.000987. The van der Waals surface area contributed by atoms with Gasteiger partial charge in [0.05, 0.1) is 17.3 Å². The van der Waals surface area contributed by atoms with E-state index in [0.29, 0.717) is 12.5 Å². The van der Waals surface area contributed by atoms with E-state index < -0.39 is 25.9 Å². The van der Waals surface area contributed by atoms with Crippen LogP contribution in [0.1, 0.15) is 32.6 Å². The molecule has 1 aliphatic heterocycles. The van der Waals surface area contributed by atoms with Crippen LogP contribution in [0.3, 0.4) is 0 Å². The molecule has 0 spiro atoms. The topological polar surface area (TPSA) is 83.6 Å². The molecule has 0 bridgehead atoms. The van der Waals surface area contributed by atoms with Gasteiger partial charge in [0.25, 0.3) is 0 Å². The lowest BCUT2D eigenvalue weighted by molar-refractivity contribution is 0.356. The Morgan fingerprint density at radius 1 is 1.25 bits per heavy atom. The molecule has 1 N–H and O–H groups in total. The minimum absolute atomic E-state index is 0.0557. The molecule has 0 radical (unpaired) electrons. The molecular weight excluding hydrogens is 300 g/mol. The SMILES string of the molecule is CC1CS(=O)(=O)CCN1S(=O)(=O)CCCCNC1CC1. The molecule has 118 valence electrons. The first-order valence-corrected chi connectivity index (χ1v) is 10.7. The largest absolute Gasteiger partial charge is 0.314 e. The van der Waals surface area contributed by atoms with Crippen molar-refractivity contribution in [3.8, 4) is 0 Å². The second-order valence-corrected chi connectivity index (χ2v) is 10.1. The van der Waals surface area contributed by atoms with E-state index in [0.717, 1.165) is 13.0 Å². The molecule has 0 aromatic carbocycles. The van der Waals surface area contributed by atoms with Gasteiger partial charge in [-0.25, -0.2) is 16.8 Å². The number of sulfonamides is 1. The second-order valence-electron chi connectivity index (χ2n) is 5.83. The van der Waals surface area contributed by atoms with Crippen LogP contribution in [0.4, 0.5) is 0 Å². The molecule has 1 atom stereocenters. The van der Waals surface area contributed by atoms with Crippen molar-refractivity contribution >= 4 is 19.9 Å². The minimum Gasteiger partial charge on any atom is -0.314 e. The summed E-state index contributed by atoms with van der Waals surface area (Å²) in [6.45, 7) is 2.64. The van der Waals surface area contributed by atoms with Crippen molar-refractivity contribution in [2.45, 2.75) is 44.7 Å². The number of hydrogen-bond donors (Lipinski definition) is 1. The summed E-state index contributed by atoms with van der Waals surface area (Å²) in [7, 11) is -6.40. The van der Waals surface area contributed by atoms with Gasteiger partial charge in [-0.3, -0.25) is 0 Å². The van der Waals surface area contributed by atoms with Crippen molar-refractivity contribution < 1.29 is 16.8 Å². The van der Waals surface area contributed by atoms with E-state index in [4.69, 9.17) is 0 Å². The highest BCUT2D eigenvalue weighted by atomic mass is 32.2. The van der Waals surface area contributed by atoms with Crippen LogP contribution in [0, 0.1) is 0 Å². The molecule has 1 saturated carbocycles. The molecule has 6 nitrogen and oxygen atoms in total. The van der Waals surface area contributed by atoms with Crippen LogP contribution in [0.5, 0.6) is 0 Å². The zero-order valence-electron chi connectivity index (χ0n) is 11.9. The lowest BCUT2D eigenvalue weighted by atomic mass is 10.3. The van der Waals surface area contributed by atoms with Gasteiger partial charge >= 0.3 is 0 Å². The van der Waals surface area contributed by atoms with E-state index in [9.17, 15) is 16.8 Å². The van der Waals surface area contributed by atoms with Gasteiger partial charge in [0, 0.05) is 18.6 Å². The summed E-state index contributed by atoms with van der Waals surface area (Å²) < 4.78 is 48.8. The van der Waals surface area contributed by atoms with E-state index in [1.807, 2.05) is 0 Å². The van der Waals surface area contributed by atoms with Gasteiger partial charge in [0.15, 0.2) is 9.84 Å². The van der Waals surface area contributed by atoms with Crippen molar-refractivity contribution in [3.63, 3.8) is 0 Å². The van der Waals surface area contributed by atoms with E-state index in [1.54, 1.807) is 6.92 Å². The fourth-order valence-corrected chi connectivity index (χ4v) is 6.08. The van der Waals surface area contributed by atoms with Gasteiger partial charge in [-0.1, -0.05) is 0 Å². The number of rotatable bonds is 7. The average Bonchev–Trinajstić information content (AvgIpc) is 3.10. The highest BCUT2D eigenvalue weighted by Crippen LogP contribution is 2.19. The summed E-state index contributed by atoms with van der Waals surface area (Å²) in [6, 6.07) is 0.210. The van der Waals surface area contributed by atoms with Crippen molar-refractivity contribution in [2.75, 3.05) is 30.3 Å². The fraction of sp³-hybridized carbons (Fsp3) is 1.00. The van der Waals surface area contributed by atoms with Crippen LogP contribution in [-0.4, -0.2) is 63.6 Å². The zero-order valence-corrected chi connectivity index (χ0v) is 13.5. The highest BCUT2D eigenvalue weighted by Gasteiger charge is 2.35. The van der Waals surface area contributed by atoms with Crippen molar-refractivity contribution in [1.82, 2.24) is 9.62 Å². The molecule has 2 aliphatic rings. The quantitative estimate of drug-likeness (QED) is 0.665. The first-order chi connectivity index (χ1) is 9.30. The summed E-state index contributed by atoms with van der Waals surface area (Å²) in [5.41, 5.74) is 0. The third kappa shape index (κ3) is 4.68. The summed E-state index contributed by atoms with van der Waals surface area (Å²) >= 11 is 0. The maximum atomic E-state index is 12.2. The maximum Gasteiger partial charge on any atom is 0.214 e. The number of nitrogens with one attached hydrogen (secondary N) is 1. The zero-order chi connectivity index (χ0) is 14.8. The summed E-state index contributed by atoms with van der Waals surface area (Å²) in [6.07, 6.45) is 3.93. The maximum absolute atomic E-state index is 12.2. The Bertz CT molecular complexity index is 526. The number of sulfone groups is 1. The van der Waals surface area contributed by atoms with Crippen LogP contribution in [0.15, 0.2) is 0 Å². The lowest BCUT2D eigenvalue weighted by Gasteiger charge is -2.32. The fourth-order valence-electron chi connectivity index (χ4n) is 2.52. The Balaban J connectivity index is 1.77. The van der Waals surface area contributed by atoms with E-state index >= 15 is 0 Å². The van der Waals surface area contributed by atoms with Crippen LogP contribution in [0.2, 0.25) is 0 Å². The van der Waals surface area contributed by atoms with Gasteiger partial charge in [-0.05, 0) is 39.2 Å². The second kappa shape index (κ2) is 6.29. The molecule has 2 fully saturated rings. The average molecular weight is 324 g/mol. The number of nitrogens with zero attached hydrogens (tertiary/aromatic N) is 1. The smallest absolute Gasteiger partial charge is 0.214 e. The summed E-state index contributed by atoms with van der Waals surface area (Å²) in [4.78, 5) is 0. The molecule has 0 aromatic rings. The monoisotopic (exact) mass is 324 g/mol. The Hall–Kier alpha value is -0.180. The van der Waals surface area contributed by atoms with Crippen molar-refractivity contribution in [2.24, 2.45) is 0 Å². The molecule has 20 heavy (non-hydrogen) atoms. The van der Waals surface area contributed by atoms with Gasteiger partial charge in [0.2, 0.25) is 10.0 Å². The van der Waals surface area contributed by atoms with E-state index in [2.05, 4.69) is 5.32 Å². The van der Waals surface area contributed by atoms with Gasteiger partial charge in [-0.15, -0.1) is 0 Å². The normalized spacial score (nSPS) is 27.6. The Kier molecular flexibility index (Phi) is 5.09. The predicted octanol–water partition coefficient (Wildman–Crippen LogP) is -0.0327. The molecule has 1 unspecified atom stereocenters. The molecule has 0 amide bonds. The molecule has 1 saturated heterocycles. The van der Waals surface area contributed by atoms with E-state index in [-0.39, 0.29) is 23.8 Å². The number of unbranched alkanes of at least 4 members (excludes halogenated alkanes) is 1. The van der Waals surface area contributed by atoms with Crippen LogP contribution >= 0.6 is 0 Å². The highest BCUT2D eigenvalue weighted by molar-refractivity contribution is 7.92. The summed E-state index contributed by atoms with van der Waals surface area (Å²) in [5, 5.41) is 3.35.